The fraction of sp³-hybridized carbons (Fsp3) is 0.500. The molecule has 1 atom stereocenters. The number of carboxylic acids is 1. The lowest BCUT2D eigenvalue weighted by molar-refractivity contribution is -0.141. The molecule has 0 aliphatic carbocycles. The Kier molecular flexibility index (Phi) is 6.08. The average molecular weight is 342 g/mol. The van der Waals surface area contributed by atoms with Crippen LogP contribution in [0.4, 0.5) is 8.78 Å². The molecule has 0 radical (unpaired) electrons. The van der Waals surface area contributed by atoms with Gasteiger partial charge in [0.2, 0.25) is 5.82 Å². The minimum atomic E-state index is -1.12. The SMILES string of the molecule is C[C@@H](Oc1cccc(F)c1F)C(=O)N1CCN(CCC(=O)O)CC1. The Balaban J connectivity index is 1.86. The summed E-state index contributed by atoms with van der Waals surface area (Å²) in [5.41, 5.74) is 0. The van der Waals surface area contributed by atoms with Crippen LogP contribution >= 0.6 is 0 Å². The minimum absolute atomic E-state index is 0.0618. The molecular formula is C16H20F2N2O4. The first-order valence-electron chi connectivity index (χ1n) is 7.72. The lowest BCUT2D eigenvalue weighted by Crippen LogP contribution is -2.52. The second-order valence-electron chi connectivity index (χ2n) is 5.62. The van der Waals surface area contributed by atoms with E-state index in [9.17, 15) is 18.4 Å². The average Bonchev–Trinajstić information content (AvgIpc) is 2.57. The van der Waals surface area contributed by atoms with E-state index in [0.29, 0.717) is 32.7 Å². The molecule has 132 valence electrons. The van der Waals surface area contributed by atoms with Crippen molar-refractivity contribution < 1.29 is 28.2 Å². The van der Waals surface area contributed by atoms with Crippen LogP contribution < -0.4 is 4.74 Å². The van der Waals surface area contributed by atoms with Gasteiger partial charge in [-0.1, -0.05) is 6.07 Å². The lowest BCUT2D eigenvalue weighted by atomic mass is 10.2. The first-order chi connectivity index (χ1) is 11.4. The van der Waals surface area contributed by atoms with Crippen molar-refractivity contribution in [3.05, 3.63) is 29.8 Å². The van der Waals surface area contributed by atoms with Crippen LogP contribution in [0.15, 0.2) is 18.2 Å². The summed E-state index contributed by atoms with van der Waals surface area (Å²) in [6.07, 6.45) is -0.876. The number of carbonyl (C=O) groups is 2. The number of halogens is 2. The molecule has 1 fully saturated rings. The number of carboxylic acid groups (broad SMARTS) is 1. The van der Waals surface area contributed by atoms with Crippen molar-refractivity contribution in [2.45, 2.75) is 19.4 Å². The molecule has 24 heavy (non-hydrogen) atoms. The van der Waals surface area contributed by atoms with E-state index in [0.717, 1.165) is 6.07 Å². The Bertz CT molecular complexity index is 604. The fourth-order valence-electron chi connectivity index (χ4n) is 2.52. The molecule has 1 aromatic carbocycles. The van der Waals surface area contributed by atoms with E-state index >= 15 is 0 Å². The van der Waals surface area contributed by atoms with Crippen LogP contribution in [-0.4, -0.2) is 65.6 Å². The molecule has 6 nitrogen and oxygen atoms in total. The number of ether oxygens (including phenoxy) is 1. The van der Waals surface area contributed by atoms with Crippen LogP contribution in [0.2, 0.25) is 0 Å². The molecular weight excluding hydrogens is 322 g/mol. The maximum Gasteiger partial charge on any atom is 0.304 e. The van der Waals surface area contributed by atoms with Crippen LogP contribution in [0.5, 0.6) is 5.75 Å². The van der Waals surface area contributed by atoms with Crippen LogP contribution in [-0.2, 0) is 9.59 Å². The number of carbonyl (C=O) groups excluding carboxylic acids is 1. The van der Waals surface area contributed by atoms with Gasteiger partial charge in [0.05, 0.1) is 6.42 Å². The number of hydrogen-bond acceptors (Lipinski definition) is 4. The normalized spacial score (nSPS) is 16.7. The maximum absolute atomic E-state index is 13.6. The summed E-state index contributed by atoms with van der Waals surface area (Å²) in [6, 6.07) is 3.56. The van der Waals surface area contributed by atoms with Gasteiger partial charge < -0.3 is 14.7 Å². The third-order valence-corrected chi connectivity index (χ3v) is 3.89. The van der Waals surface area contributed by atoms with Crippen molar-refractivity contribution in [1.82, 2.24) is 9.80 Å². The predicted octanol–water partition coefficient (Wildman–Crippen LogP) is 1.35. The van der Waals surface area contributed by atoms with Gasteiger partial charge >= 0.3 is 5.97 Å². The zero-order valence-electron chi connectivity index (χ0n) is 13.4. The highest BCUT2D eigenvalue weighted by Gasteiger charge is 2.27. The van der Waals surface area contributed by atoms with Crippen LogP contribution in [0.25, 0.3) is 0 Å². The van der Waals surface area contributed by atoms with Gasteiger partial charge in [0.25, 0.3) is 5.91 Å². The zero-order chi connectivity index (χ0) is 17.7. The van der Waals surface area contributed by atoms with Gasteiger partial charge in [-0.15, -0.1) is 0 Å². The predicted molar refractivity (Wildman–Crippen MR) is 81.7 cm³/mol. The Labute approximate surface area is 138 Å². The lowest BCUT2D eigenvalue weighted by Gasteiger charge is -2.35. The van der Waals surface area contributed by atoms with E-state index in [1.807, 2.05) is 4.90 Å². The fourth-order valence-corrected chi connectivity index (χ4v) is 2.52. The molecule has 1 heterocycles. The van der Waals surface area contributed by atoms with E-state index in [1.165, 1.54) is 19.1 Å². The molecule has 1 amide bonds. The summed E-state index contributed by atoms with van der Waals surface area (Å²) in [6.45, 7) is 3.96. The molecule has 8 heteroatoms. The highest BCUT2D eigenvalue weighted by Crippen LogP contribution is 2.21. The van der Waals surface area contributed by atoms with E-state index in [1.54, 1.807) is 4.90 Å². The smallest absolute Gasteiger partial charge is 0.304 e. The van der Waals surface area contributed by atoms with Crippen LogP contribution in [0.1, 0.15) is 13.3 Å². The second kappa shape index (κ2) is 8.05. The molecule has 0 spiro atoms. The Morgan fingerprint density at radius 2 is 1.92 bits per heavy atom. The van der Waals surface area contributed by atoms with E-state index in [-0.39, 0.29) is 18.1 Å². The Morgan fingerprint density at radius 3 is 2.54 bits per heavy atom. The van der Waals surface area contributed by atoms with E-state index in [4.69, 9.17) is 9.84 Å². The number of piperazine rings is 1. The molecule has 0 saturated carbocycles. The molecule has 1 aromatic rings. The molecule has 0 bridgehead atoms. The van der Waals surface area contributed by atoms with Gasteiger partial charge in [0.1, 0.15) is 0 Å². The summed E-state index contributed by atoms with van der Waals surface area (Å²) >= 11 is 0. The molecule has 2 rings (SSSR count). The van der Waals surface area contributed by atoms with Crippen LogP contribution in [0.3, 0.4) is 0 Å². The maximum atomic E-state index is 13.6. The van der Waals surface area contributed by atoms with Crippen molar-refractivity contribution in [1.29, 1.82) is 0 Å². The minimum Gasteiger partial charge on any atom is -0.481 e. The largest absolute Gasteiger partial charge is 0.481 e. The molecule has 0 aromatic heterocycles. The second-order valence-corrected chi connectivity index (χ2v) is 5.62. The number of rotatable bonds is 6. The highest BCUT2D eigenvalue weighted by molar-refractivity contribution is 5.81. The standard InChI is InChI=1S/C16H20F2N2O4/c1-11(24-13-4-2-3-12(17)15(13)18)16(23)20-9-7-19(8-10-20)6-5-14(21)22/h2-4,11H,5-10H2,1H3,(H,21,22)/t11-/m1/s1. The number of amides is 1. The molecule has 1 aliphatic heterocycles. The number of hydrogen-bond donors (Lipinski definition) is 1. The quantitative estimate of drug-likeness (QED) is 0.845. The van der Waals surface area contributed by atoms with Gasteiger partial charge in [-0.3, -0.25) is 14.5 Å². The van der Waals surface area contributed by atoms with Gasteiger partial charge in [0, 0.05) is 32.7 Å². The summed E-state index contributed by atoms with van der Waals surface area (Å²) in [5.74, 6) is -3.60. The third kappa shape index (κ3) is 4.64. The molecule has 1 N–H and O–H groups in total. The summed E-state index contributed by atoms with van der Waals surface area (Å²) < 4.78 is 32.0. The molecule has 1 saturated heterocycles. The van der Waals surface area contributed by atoms with Crippen LogP contribution in [0, 0.1) is 11.6 Å². The van der Waals surface area contributed by atoms with Gasteiger partial charge in [-0.05, 0) is 19.1 Å². The highest BCUT2D eigenvalue weighted by atomic mass is 19.2. The van der Waals surface area contributed by atoms with Crippen molar-refractivity contribution in [3.63, 3.8) is 0 Å². The summed E-state index contributed by atoms with van der Waals surface area (Å²) in [5, 5.41) is 8.67. The number of nitrogens with zero attached hydrogens (tertiary/aromatic N) is 2. The van der Waals surface area contributed by atoms with Crippen molar-refractivity contribution in [3.8, 4) is 5.75 Å². The van der Waals surface area contributed by atoms with Gasteiger partial charge in [0.15, 0.2) is 17.7 Å². The van der Waals surface area contributed by atoms with Crippen molar-refractivity contribution >= 4 is 11.9 Å². The topological polar surface area (TPSA) is 70.1 Å². The van der Waals surface area contributed by atoms with E-state index in [2.05, 4.69) is 0 Å². The van der Waals surface area contributed by atoms with Gasteiger partial charge in [-0.25, -0.2) is 4.39 Å². The zero-order valence-corrected chi connectivity index (χ0v) is 13.4. The monoisotopic (exact) mass is 342 g/mol. The molecule has 0 unspecified atom stereocenters. The van der Waals surface area contributed by atoms with Crippen molar-refractivity contribution in [2.24, 2.45) is 0 Å². The Hall–Kier alpha value is -2.22. The summed E-state index contributed by atoms with van der Waals surface area (Å²) in [4.78, 5) is 26.5. The number of aliphatic carboxylic acids is 1. The van der Waals surface area contributed by atoms with Crippen molar-refractivity contribution in [2.75, 3.05) is 32.7 Å². The molecule has 1 aliphatic rings. The van der Waals surface area contributed by atoms with Gasteiger partial charge in [-0.2, -0.15) is 4.39 Å². The summed E-state index contributed by atoms with van der Waals surface area (Å²) in [7, 11) is 0. The van der Waals surface area contributed by atoms with E-state index < -0.39 is 23.7 Å². The first-order valence-corrected chi connectivity index (χ1v) is 7.72. The Morgan fingerprint density at radius 1 is 1.25 bits per heavy atom. The number of benzene rings is 1. The first kappa shape index (κ1) is 18.1. The third-order valence-electron chi connectivity index (χ3n) is 3.89.